The summed E-state index contributed by atoms with van der Waals surface area (Å²) in [6.07, 6.45) is 0. The molecule has 0 atom stereocenters. The number of aliphatic carboxylic acids is 2. The second-order valence-electron chi connectivity index (χ2n) is 2.06. The highest BCUT2D eigenvalue weighted by molar-refractivity contribution is 5.95. The van der Waals surface area contributed by atoms with Gasteiger partial charge in [0.1, 0.15) is 5.76 Å². The van der Waals surface area contributed by atoms with E-state index in [2.05, 4.69) is 6.58 Å². The van der Waals surface area contributed by atoms with Crippen LogP contribution < -0.4 is 0 Å². The minimum absolute atomic E-state index is 0.442. The quantitative estimate of drug-likeness (QED) is 0.328. The van der Waals surface area contributed by atoms with Gasteiger partial charge in [-0.2, -0.15) is 0 Å². The number of aliphatic hydroxyl groups is 1. The minimum Gasteiger partial charge on any atom is -0.507 e. The highest BCUT2D eigenvalue weighted by atomic mass is 16.4. The molecule has 12 heavy (non-hydrogen) atoms. The molecule has 0 fully saturated rings. The average Bonchev–Trinajstić information content (AvgIpc) is 2.00. The lowest BCUT2D eigenvalue weighted by atomic mass is 10.1. The number of carboxylic acid groups (broad SMARTS) is 2. The van der Waals surface area contributed by atoms with Gasteiger partial charge < -0.3 is 15.3 Å². The van der Waals surface area contributed by atoms with Crippen LogP contribution in [0.4, 0.5) is 0 Å². The molecular formula is C7H8O5. The molecule has 0 saturated heterocycles. The van der Waals surface area contributed by atoms with Crippen LogP contribution >= 0.6 is 0 Å². The van der Waals surface area contributed by atoms with Crippen LogP contribution in [-0.4, -0.2) is 27.3 Å². The van der Waals surface area contributed by atoms with E-state index in [1.807, 2.05) is 0 Å². The van der Waals surface area contributed by atoms with Gasteiger partial charge in [0, 0.05) is 0 Å². The zero-order chi connectivity index (χ0) is 9.89. The van der Waals surface area contributed by atoms with E-state index in [1.165, 1.54) is 0 Å². The lowest BCUT2D eigenvalue weighted by Crippen LogP contribution is -2.08. The van der Waals surface area contributed by atoms with Gasteiger partial charge in [-0.15, -0.1) is 0 Å². The second kappa shape index (κ2) is 3.56. The first-order chi connectivity index (χ1) is 5.37. The number of carboxylic acids is 2. The summed E-state index contributed by atoms with van der Waals surface area (Å²) in [6, 6.07) is 0. The lowest BCUT2D eigenvalue weighted by Gasteiger charge is -2.00. The molecule has 0 aromatic carbocycles. The molecule has 0 rings (SSSR count). The first-order valence-electron chi connectivity index (χ1n) is 2.93. The third kappa shape index (κ3) is 2.12. The molecule has 0 heterocycles. The summed E-state index contributed by atoms with van der Waals surface area (Å²) in [5.41, 5.74) is -1.07. The van der Waals surface area contributed by atoms with E-state index in [9.17, 15) is 9.59 Å². The third-order valence-electron chi connectivity index (χ3n) is 1.22. The van der Waals surface area contributed by atoms with Gasteiger partial charge in [-0.25, -0.2) is 9.59 Å². The van der Waals surface area contributed by atoms with Crippen LogP contribution in [0.15, 0.2) is 23.5 Å². The van der Waals surface area contributed by atoms with Crippen molar-refractivity contribution in [3.63, 3.8) is 0 Å². The summed E-state index contributed by atoms with van der Waals surface area (Å²) in [7, 11) is 0. The fourth-order valence-corrected chi connectivity index (χ4v) is 0.429. The first kappa shape index (κ1) is 10.2. The maximum absolute atomic E-state index is 10.2. The van der Waals surface area contributed by atoms with Crippen molar-refractivity contribution in [3.05, 3.63) is 23.5 Å². The van der Waals surface area contributed by atoms with Crippen molar-refractivity contribution in [1.29, 1.82) is 0 Å². The van der Waals surface area contributed by atoms with E-state index >= 15 is 0 Å². The molecule has 0 aliphatic heterocycles. The zero-order valence-corrected chi connectivity index (χ0v) is 6.37. The van der Waals surface area contributed by atoms with E-state index in [0.29, 0.717) is 0 Å². The Hall–Kier alpha value is -1.78. The molecule has 0 aliphatic rings. The number of carbonyl (C=O) groups is 2. The molecule has 66 valence electrons. The van der Waals surface area contributed by atoms with Crippen molar-refractivity contribution < 1.29 is 24.9 Å². The Morgan fingerprint density at radius 1 is 1.08 bits per heavy atom. The normalized spacial score (nSPS) is 11.8. The molecule has 5 heteroatoms. The minimum atomic E-state index is -1.45. The smallest absolute Gasteiger partial charge is 0.338 e. The van der Waals surface area contributed by atoms with Gasteiger partial charge in [0.25, 0.3) is 0 Å². The molecule has 3 N–H and O–H groups in total. The maximum Gasteiger partial charge on any atom is 0.338 e. The highest BCUT2D eigenvalue weighted by Gasteiger charge is 2.15. The molecule has 0 aliphatic carbocycles. The Morgan fingerprint density at radius 2 is 1.50 bits per heavy atom. The molecule has 0 radical (unpaired) electrons. The summed E-state index contributed by atoms with van der Waals surface area (Å²) in [5, 5.41) is 25.6. The maximum atomic E-state index is 10.2. The highest BCUT2D eigenvalue weighted by Crippen LogP contribution is 2.09. The molecule has 0 unspecified atom stereocenters. The second-order valence-corrected chi connectivity index (χ2v) is 2.06. The predicted molar refractivity (Wildman–Crippen MR) is 39.7 cm³/mol. The van der Waals surface area contributed by atoms with Crippen molar-refractivity contribution in [2.75, 3.05) is 0 Å². The number of hydrogen-bond acceptors (Lipinski definition) is 3. The SMILES string of the molecule is C=C(C(=O)O)C(O)=C(C)C(=O)O. The van der Waals surface area contributed by atoms with Gasteiger partial charge in [0.2, 0.25) is 0 Å². The Bertz CT molecular complexity index is 274. The molecular weight excluding hydrogens is 164 g/mol. The summed E-state index contributed by atoms with van der Waals surface area (Å²) in [5.74, 6) is -3.64. The van der Waals surface area contributed by atoms with Gasteiger partial charge in [-0.3, -0.25) is 0 Å². The lowest BCUT2D eigenvalue weighted by molar-refractivity contribution is -0.132. The Labute approximate surface area is 68.3 Å². The van der Waals surface area contributed by atoms with Crippen molar-refractivity contribution in [2.24, 2.45) is 0 Å². The van der Waals surface area contributed by atoms with Crippen LogP contribution in [0.3, 0.4) is 0 Å². The largest absolute Gasteiger partial charge is 0.507 e. The van der Waals surface area contributed by atoms with Crippen LogP contribution in [0.2, 0.25) is 0 Å². The standard InChI is InChI=1S/C7H8O5/c1-3(6(9)10)5(8)4(2)7(11)12/h8H,1H2,2H3,(H,9,10)(H,11,12). The topological polar surface area (TPSA) is 94.8 Å². The van der Waals surface area contributed by atoms with Crippen LogP contribution in [0.5, 0.6) is 0 Å². The van der Waals surface area contributed by atoms with E-state index in [4.69, 9.17) is 15.3 Å². The van der Waals surface area contributed by atoms with Crippen LogP contribution in [0.1, 0.15) is 6.92 Å². The average molecular weight is 172 g/mol. The zero-order valence-electron chi connectivity index (χ0n) is 6.37. The van der Waals surface area contributed by atoms with Gasteiger partial charge in [0.15, 0.2) is 0 Å². The van der Waals surface area contributed by atoms with Crippen molar-refractivity contribution in [3.8, 4) is 0 Å². The van der Waals surface area contributed by atoms with Crippen LogP contribution in [-0.2, 0) is 9.59 Å². The number of hydrogen-bond donors (Lipinski definition) is 3. The fraction of sp³-hybridized carbons (Fsp3) is 0.143. The van der Waals surface area contributed by atoms with Gasteiger partial charge in [-0.1, -0.05) is 6.58 Å². The Morgan fingerprint density at radius 3 is 1.75 bits per heavy atom. The molecule has 0 aromatic heterocycles. The van der Waals surface area contributed by atoms with Gasteiger partial charge in [0.05, 0.1) is 11.1 Å². The summed E-state index contributed by atoms with van der Waals surface area (Å²) in [6.45, 7) is 4.08. The van der Waals surface area contributed by atoms with E-state index in [-0.39, 0.29) is 0 Å². The molecule has 0 saturated carbocycles. The first-order valence-corrected chi connectivity index (χ1v) is 2.93. The number of rotatable bonds is 3. The van der Waals surface area contributed by atoms with E-state index < -0.39 is 28.8 Å². The Kier molecular flexibility index (Phi) is 3.04. The van der Waals surface area contributed by atoms with Crippen molar-refractivity contribution >= 4 is 11.9 Å². The summed E-state index contributed by atoms with van der Waals surface area (Å²) < 4.78 is 0. The number of aliphatic hydroxyl groups excluding tert-OH is 1. The molecule has 0 amide bonds. The molecule has 0 aromatic rings. The van der Waals surface area contributed by atoms with Gasteiger partial charge in [-0.05, 0) is 6.92 Å². The van der Waals surface area contributed by atoms with E-state index in [0.717, 1.165) is 6.92 Å². The molecule has 0 bridgehead atoms. The monoisotopic (exact) mass is 172 g/mol. The van der Waals surface area contributed by atoms with Crippen molar-refractivity contribution in [2.45, 2.75) is 6.92 Å². The summed E-state index contributed by atoms with van der Waals surface area (Å²) >= 11 is 0. The van der Waals surface area contributed by atoms with Crippen LogP contribution in [0.25, 0.3) is 0 Å². The summed E-state index contributed by atoms with van der Waals surface area (Å²) in [4.78, 5) is 20.4. The Balaban J connectivity index is 4.92. The molecule has 0 spiro atoms. The van der Waals surface area contributed by atoms with Crippen molar-refractivity contribution in [1.82, 2.24) is 0 Å². The van der Waals surface area contributed by atoms with Crippen LogP contribution in [0, 0.1) is 0 Å². The molecule has 5 nitrogen and oxygen atoms in total. The third-order valence-corrected chi connectivity index (χ3v) is 1.22. The predicted octanol–water partition coefficient (Wildman–Crippen LogP) is 0.544. The van der Waals surface area contributed by atoms with E-state index in [1.54, 1.807) is 0 Å². The fourth-order valence-electron chi connectivity index (χ4n) is 0.429. The van der Waals surface area contributed by atoms with Gasteiger partial charge >= 0.3 is 11.9 Å².